The van der Waals surface area contributed by atoms with E-state index in [2.05, 4.69) is 18.7 Å². The molecule has 3 rings (SSSR count). The molecule has 0 spiro atoms. The number of halogens is 1. The number of piperidine rings is 1. The van der Waals surface area contributed by atoms with Crippen molar-refractivity contribution in [3.05, 3.63) is 30.1 Å². The van der Waals surface area contributed by atoms with Gasteiger partial charge in [0.15, 0.2) is 0 Å². The van der Waals surface area contributed by atoms with Gasteiger partial charge in [0.1, 0.15) is 5.82 Å². The van der Waals surface area contributed by atoms with Crippen LogP contribution >= 0.6 is 0 Å². The van der Waals surface area contributed by atoms with Crippen molar-refractivity contribution in [2.75, 3.05) is 25.1 Å². The van der Waals surface area contributed by atoms with Gasteiger partial charge in [0.25, 0.3) is 0 Å². The fraction of sp³-hybridized carbons (Fsp3) is 0.696. The Hall–Kier alpha value is -1.62. The molecular formula is C23H35FN2O2. The van der Waals surface area contributed by atoms with E-state index in [4.69, 9.17) is 4.74 Å². The summed E-state index contributed by atoms with van der Waals surface area (Å²) in [4.78, 5) is 16.8. The van der Waals surface area contributed by atoms with E-state index in [1.54, 1.807) is 17.0 Å². The van der Waals surface area contributed by atoms with E-state index in [1.807, 2.05) is 0 Å². The van der Waals surface area contributed by atoms with Crippen LogP contribution in [-0.4, -0.2) is 43.3 Å². The molecule has 1 amide bonds. The summed E-state index contributed by atoms with van der Waals surface area (Å²) < 4.78 is 18.3. The molecule has 1 aromatic rings. The number of nitrogens with zero attached hydrogens (tertiary/aromatic N) is 2. The third-order valence-electron chi connectivity index (χ3n) is 6.74. The maximum atomic E-state index is 13.3. The van der Waals surface area contributed by atoms with Crippen molar-refractivity contribution in [2.24, 2.45) is 11.8 Å². The summed E-state index contributed by atoms with van der Waals surface area (Å²) in [6.07, 6.45) is 8.13. The first-order valence-corrected chi connectivity index (χ1v) is 10.9. The van der Waals surface area contributed by atoms with Crippen LogP contribution < -0.4 is 4.90 Å². The van der Waals surface area contributed by atoms with E-state index in [0.717, 1.165) is 37.8 Å². The number of benzene rings is 1. The number of hydrogen-bond donors (Lipinski definition) is 0. The van der Waals surface area contributed by atoms with Gasteiger partial charge in [-0.15, -0.1) is 0 Å². The van der Waals surface area contributed by atoms with Gasteiger partial charge >= 0.3 is 6.09 Å². The fourth-order valence-corrected chi connectivity index (χ4v) is 5.17. The number of hydrogen-bond acceptors (Lipinski definition) is 3. The zero-order chi connectivity index (χ0) is 20.1. The van der Waals surface area contributed by atoms with Crippen molar-refractivity contribution in [1.29, 1.82) is 0 Å². The molecule has 4 nitrogen and oxygen atoms in total. The van der Waals surface area contributed by atoms with Gasteiger partial charge in [-0.25, -0.2) is 9.18 Å². The minimum absolute atomic E-state index is 0.0955. The Morgan fingerprint density at radius 2 is 1.89 bits per heavy atom. The highest BCUT2D eigenvalue weighted by Gasteiger charge is 2.33. The van der Waals surface area contributed by atoms with Gasteiger partial charge in [-0.05, 0) is 68.2 Å². The molecule has 2 fully saturated rings. The predicted octanol–water partition coefficient (Wildman–Crippen LogP) is 5.47. The van der Waals surface area contributed by atoms with Crippen molar-refractivity contribution in [2.45, 2.75) is 70.9 Å². The topological polar surface area (TPSA) is 32.8 Å². The number of carbonyl (C=O) groups excluding carboxylic acids is 1. The van der Waals surface area contributed by atoms with Crippen LogP contribution in [0.25, 0.3) is 0 Å². The minimum atomic E-state index is -0.364. The van der Waals surface area contributed by atoms with Crippen LogP contribution in [0, 0.1) is 17.7 Å². The summed E-state index contributed by atoms with van der Waals surface area (Å²) >= 11 is 0. The predicted molar refractivity (Wildman–Crippen MR) is 111 cm³/mol. The van der Waals surface area contributed by atoms with Crippen molar-refractivity contribution >= 4 is 11.8 Å². The molecule has 1 saturated carbocycles. The van der Waals surface area contributed by atoms with Gasteiger partial charge in [0.05, 0.1) is 7.11 Å². The third-order valence-corrected chi connectivity index (χ3v) is 6.74. The summed E-state index contributed by atoms with van der Waals surface area (Å²) in [6, 6.07) is 6.86. The average Bonchev–Trinajstić information content (AvgIpc) is 3.13. The van der Waals surface area contributed by atoms with E-state index in [-0.39, 0.29) is 18.0 Å². The van der Waals surface area contributed by atoms with Crippen LogP contribution in [-0.2, 0) is 4.74 Å². The molecule has 1 aromatic carbocycles. The molecule has 156 valence electrons. The molecule has 5 heteroatoms. The zero-order valence-electron chi connectivity index (χ0n) is 17.6. The molecule has 1 saturated heterocycles. The Morgan fingerprint density at radius 1 is 1.21 bits per heavy atom. The van der Waals surface area contributed by atoms with Gasteiger partial charge < -0.3 is 9.64 Å². The quantitative estimate of drug-likeness (QED) is 0.646. The summed E-state index contributed by atoms with van der Waals surface area (Å²) in [5.74, 6) is 1.47. The van der Waals surface area contributed by atoms with Crippen molar-refractivity contribution < 1.29 is 13.9 Å². The molecule has 0 N–H and O–H groups in total. The van der Waals surface area contributed by atoms with Crippen LogP contribution in [0.2, 0.25) is 0 Å². The summed E-state index contributed by atoms with van der Waals surface area (Å²) in [5.41, 5.74) is 0.707. The summed E-state index contributed by atoms with van der Waals surface area (Å²) in [6.45, 7) is 6.68. The lowest BCUT2D eigenvalue weighted by Gasteiger charge is -2.41. The number of amides is 1. The Bertz CT molecular complexity index is 628. The first-order chi connectivity index (χ1) is 13.5. The minimum Gasteiger partial charge on any atom is -0.452 e. The van der Waals surface area contributed by atoms with Crippen LogP contribution in [0.1, 0.15) is 58.8 Å². The standard InChI is InChI=1S/C23H35FN2O2/c1-4-20(16-18-6-5-17(2)15-18)25-13-11-22(12-14-25)26(23(27)28-3)21-9-7-19(24)8-10-21/h7-10,17-18,20,22H,4-6,11-16H2,1-3H3. The number of rotatable bonds is 6. The third kappa shape index (κ3) is 5.05. The molecule has 0 bridgehead atoms. The average molecular weight is 391 g/mol. The lowest BCUT2D eigenvalue weighted by atomic mass is 9.92. The Labute approximate surface area is 169 Å². The van der Waals surface area contributed by atoms with Crippen molar-refractivity contribution in [3.8, 4) is 0 Å². The zero-order valence-corrected chi connectivity index (χ0v) is 17.6. The van der Waals surface area contributed by atoms with Gasteiger partial charge in [-0.3, -0.25) is 4.90 Å². The maximum absolute atomic E-state index is 13.3. The molecule has 28 heavy (non-hydrogen) atoms. The van der Waals surface area contributed by atoms with E-state index in [0.29, 0.717) is 11.7 Å². The number of likely N-dealkylation sites (tertiary alicyclic amines) is 1. The molecular weight excluding hydrogens is 355 g/mol. The van der Waals surface area contributed by atoms with E-state index >= 15 is 0 Å². The number of ether oxygens (including phenoxy) is 1. The van der Waals surface area contributed by atoms with Crippen molar-refractivity contribution in [1.82, 2.24) is 4.90 Å². The molecule has 3 unspecified atom stereocenters. The van der Waals surface area contributed by atoms with Crippen molar-refractivity contribution in [3.63, 3.8) is 0 Å². The highest BCUT2D eigenvalue weighted by Crippen LogP contribution is 2.35. The molecule has 0 radical (unpaired) electrons. The van der Waals surface area contributed by atoms with Crippen LogP contribution in [0.4, 0.5) is 14.9 Å². The highest BCUT2D eigenvalue weighted by molar-refractivity contribution is 5.88. The lowest BCUT2D eigenvalue weighted by Crippen LogP contribution is -2.50. The summed E-state index contributed by atoms with van der Waals surface area (Å²) in [5, 5.41) is 0. The number of carbonyl (C=O) groups is 1. The van der Waals surface area contributed by atoms with Gasteiger partial charge in [-0.1, -0.05) is 26.7 Å². The Kier molecular flexibility index (Phi) is 7.33. The SMILES string of the molecule is CCC(CC1CCC(C)C1)N1CCC(N(C(=O)OC)c2ccc(F)cc2)CC1. The van der Waals surface area contributed by atoms with Crippen LogP contribution in [0.15, 0.2) is 24.3 Å². The van der Waals surface area contributed by atoms with Gasteiger partial charge in [0.2, 0.25) is 0 Å². The second kappa shape index (κ2) is 9.73. The van der Waals surface area contributed by atoms with Crippen LogP contribution in [0.5, 0.6) is 0 Å². The Balaban J connectivity index is 1.61. The number of anilines is 1. The first kappa shape index (κ1) is 21.1. The molecule has 0 aromatic heterocycles. The first-order valence-electron chi connectivity index (χ1n) is 10.9. The largest absolute Gasteiger partial charge is 0.452 e. The summed E-state index contributed by atoms with van der Waals surface area (Å²) in [7, 11) is 1.41. The number of methoxy groups -OCH3 is 1. The molecule has 1 aliphatic carbocycles. The van der Waals surface area contributed by atoms with E-state index in [1.165, 1.54) is 51.3 Å². The van der Waals surface area contributed by atoms with Gasteiger partial charge in [0, 0.05) is 30.9 Å². The monoisotopic (exact) mass is 390 g/mol. The fourth-order valence-electron chi connectivity index (χ4n) is 5.17. The normalized spacial score (nSPS) is 24.9. The highest BCUT2D eigenvalue weighted by atomic mass is 19.1. The molecule has 2 aliphatic rings. The second-order valence-electron chi connectivity index (χ2n) is 8.67. The smallest absolute Gasteiger partial charge is 0.414 e. The van der Waals surface area contributed by atoms with Gasteiger partial charge in [-0.2, -0.15) is 0 Å². The second-order valence-corrected chi connectivity index (χ2v) is 8.67. The lowest BCUT2D eigenvalue weighted by molar-refractivity contribution is 0.122. The van der Waals surface area contributed by atoms with Crippen LogP contribution in [0.3, 0.4) is 0 Å². The van der Waals surface area contributed by atoms with E-state index in [9.17, 15) is 9.18 Å². The molecule has 1 aliphatic heterocycles. The van der Waals surface area contributed by atoms with E-state index < -0.39 is 0 Å². The maximum Gasteiger partial charge on any atom is 0.414 e. The molecule has 3 atom stereocenters. The molecule has 1 heterocycles. The Morgan fingerprint density at radius 3 is 2.43 bits per heavy atom.